The Kier molecular flexibility index (Phi) is 4.22. The Bertz CT molecular complexity index is 1200. The van der Waals surface area contributed by atoms with Gasteiger partial charge in [0.05, 0.1) is 16.2 Å². The van der Waals surface area contributed by atoms with E-state index in [2.05, 4.69) is 5.32 Å². The van der Waals surface area contributed by atoms with E-state index in [0.717, 1.165) is 0 Å². The number of anilines is 2. The fraction of sp³-hybridized carbons (Fsp3) is 0.0952. The molecule has 0 fully saturated rings. The van der Waals surface area contributed by atoms with Gasteiger partial charge in [0.25, 0.3) is 11.6 Å². The number of ether oxygens (including phenoxy) is 2. The second-order valence-corrected chi connectivity index (χ2v) is 7.18. The summed E-state index contributed by atoms with van der Waals surface area (Å²) in [5, 5.41) is 14.9. The van der Waals surface area contributed by atoms with Crippen molar-refractivity contribution in [1.29, 1.82) is 0 Å². The van der Waals surface area contributed by atoms with Gasteiger partial charge in [-0.05, 0) is 30.3 Å². The number of nitro benzene ring substituents is 1. The Hall–Kier alpha value is -3.78. The van der Waals surface area contributed by atoms with Crippen molar-refractivity contribution in [2.24, 2.45) is 0 Å². The van der Waals surface area contributed by atoms with E-state index in [0.29, 0.717) is 39.0 Å². The van der Waals surface area contributed by atoms with E-state index in [1.54, 1.807) is 36.4 Å². The summed E-state index contributed by atoms with van der Waals surface area (Å²) in [6.45, 7) is 0.105. The van der Waals surface area contributed by atoms with Crippen LogP contribution in [0.5, 0.6) is 11.5 Å². The number of non-ortho nitro benzene ring substituents is 1. The van der Waals surface area contributed by atoms with Crippen LogP contribution in [0.15, 0.2) is 60.7 Å². The number of nitro groups is 1. The Balaban J connectivity index is 1.68. The summed E-state index contributed by atoms with van der Waals surface area (Å²) >= 11 is 6.41. The molecule has 3 aromatic carbocycles. The third-order valence-corrected chi connectivity index (χ3v) is 5.39. The largest absolute Gasteiger partial charge is 0.454 e. The number of hydrogen-bond donors (Lipinski definition) is 1. The fourth-order valence-electron chi connectivity index (χ4n) is 3.63. The summed E-state index contributed by atoms with van der Waals surface area (Å²) in [6.07, 6.45) is -0.764. The SMILES string of the molecule is O=C1c2ccccc2NC(c2cc([N+](=O)[O-])ccc2Cl)N1c1ccc2c(c1)OCO2. The van der Waals surface area contributed by atoms with Crippen LogP contribution in [0.25, 0.3) is 0 Å². The van der Waals surface area contributed by atoms with Crippen LogP contribution in [-0.2, 0) is 0 Å². The van der Waals surface area contributed by atoms with Crippen molar-refractivity contribution < 1.29 is 19.2 Å². The van der Waals surface area contributed by atoms with Crippen LogP contribution in [0.4, 0.5) is 17.1 Å². The highest BCUT2D eigenvalue weighted by atomic mass is 35.5. The molecule has 5 rings (SSSR count). The molecule has 0 radical (unpaired) electrons. The number of carbonyl (C=O) groups excluding carboxylic acids is 1. The van der Waals surface area contributed by atoms with E-state index in [-0.39, 0.29) is 18.4 Å². The average molecular weight is 424 g/mol. The van der Waals surface area contributed by atoms with Gasteiger partial charge in [-0.2, -0.15) is 0 Å². The van der Waals surface area contributed by atoms with Crippen molar-refractivity contribution >= 4 is 34.6 Å². The minimum Gasteiger partial charge on any atom is -0.454 e. The molecule has 0 saturated heterocycles. The maximum Gasteiger partial charge on any atom is 0.269 e. The molecule has 150 valence electrons. The lowest BCUT2D eigenvalue weighted by molar-refractivity contribution is -0.384. The van der Waals surface area contributed by atoms with Crippen LogP contribution >= 0.6 is 11.6 Å². The van der Waals surface area contributed by atoms with Gasteiger partial charge < -0.3 is 14.8 Å². The third kappa shape index (κ3) is 2.89. The lowest BCUT2D eigenvalue weighted by atomic mass is 10.0. The van der Waals surface area contributed by atoms with Crippen LogP contribution in [0, 0.1) is 10.1 Å². The van der Waals surface area contributed by atoms with E-state index in [9.17, 15) is 14.9 Å². The Morgan fingerprint density at radius 1 is 1.07 bits per heavy atom. The van der Waals surface area contributed by atoms with E-state index in [4.69, 9.17) is 21.1 Å². The molecule has 2 aliphatic rings. The van der Waals surface area contributed by atoms with Gasteiger partial charge in [-0.25, -0.2) is 0 Å². The maximum atomic E-state index is 13.5. The molecule has 8 nitrogen and oxygen atoms in total. The summed E-state index contributed by atoms with van der Waals surface area (Å²) in [6, 6.07) is 16.4. The standard InChI is InChI=1S/C21H14ClN3O5/c22-16-7-5-13(25(27)28)9-15(16)20-23-17-4-2-1-3-14(17)21(26)24(20)12-6-8-18-19(10-12)30-11-29-18/h1-10,20,23H,11H2. The zero-order valence-electron chi connectivity index (χ0n) is 15.4. The van der Waals surface area contributed by atoms with Crippen molar-refractivity contribution in [1.82, 2.24) is 0 Å². The van der Waals surface area contributed by atoms with E-state index in [1.807, 2.05) is 6.07 Å². The van der Waals surface area contributed by atoms with Gasteiger partial charge >= 0.3 is 0 Å². The predicted molar refractivity (Wildman–Crippen MR) is 110 cm³/mol. The minimum atomic E-state index is -0.764. The van der Waals surface area contributed by atoms with Crippen molar-refractivity contribution in [3.63, 3.8) is 0 Å². The average Bonchev–Trinajstić information content (AvgIpc) is 3.22. The number of benzene rings is 3. The van der Waals surface area contributed by atoms with Gasteiger partial charge in [-0.3, -0.25) is 19.8 Å². The normalized spacial score (nSPS) is 16.8. The Morgan fingerprint density at radius 3 is 2.70 bits per heavy atom. The monoisotopic (exact) mass is 423 g/mol. The molecule has 2 heterocycles. The van der Waals surface area contributed by atoms with Crippen LogP contribution in [-0.4, -0.2) is 17.6 Å². The van der Waals surface area contributed by atoms with Gasteiger partial charge in [-0.15, -0.1) is 0 Å². The molecular weight excluding hydrogens is 410 g/mol. The predicted octanol–water partition coefficient (Wildman–Crippen LogP) is 4.75. The number of hydrogen-bond acceptors (Lipinski definition) is 6. The second kappa shape index (κ2) is 6.93. The molecule has 0 saturated carbocycles. The number of nitrogens with zero attached hydrogens (tertiary/aromatic N) is 2. The van der Waals surface area contributed by atoms with Crippen molar-refractivity contribution in [3.05, 3.63) is 86.9 Å². The first-order chi connectivity index (χ1) is 14.5. The van der Waals surface area contributed by atoms with Crippen LogP contribution in [0.1, 0.15) is 22.1 Å². The molecule has 1 unspecified atom stereocenters. The van der Waals surface area contributed by atoms with E-state index < -0.39 is 11.1 Å². The highest BCUT2D eigenvalue weighted by molar-refractivity contribution is 6.31. The summed E-state index contributed by atoms with van der Waals surface area (Å²) in [5.74, 6) is 0.834. The number of nitrogens with one attached hydrogen (secondary N) is 1. The molecule has 0 aliphatic carbocycles. The van der Waals surface area contributed by atoms with Crippen LogP contribution < -0.4 is 19.7 Å². The first-order valence-electron chi connectivity index (χ1n) is 9.05. The first kappa shape index (κ1) is 18.3. The molecule has 2 aliphatic heterocycles. The number of para-hydroxylation sites is 1. The molecule has 0 spiro atoms. The lowest BCUT2D eigenvalue weighted by Crippen LogP contribution is -2.43. The van der Waals surface area contributed by atoms with Gasteiger partial charge in [0.15, 0.2) is 11.5 Å². The van der Waals surface area contributed by atoms with Gasteiger partial charge in [0.1, 0.15) is 6.17 Å². The molecule has 1 amide bonds. The van der Waals surface area contributed by atoms with Crippen LogP contribution in [0.3, 0.4) is 0 Å². The zero-order valence-corrected chi connectivity index (χ0v) is 16.1. The molecule has 30 heavy (non-hydrogen) atoms. The zero-order chi connectivity index (χ0) is 20.8. The molecule has 1 N–H and O–H groups in total. The topological polar surface area (TPSA) is 93.9 Å². The van der Waals surface area contributed by atoms with Crippen molar-refractivity contribution in [3.8, 4) is 11.5 Å². The number of fused-ring (bicyclic) bond motifs is 2. The second-order valence-electron chi connectivity index (χ2n) is 6.77. The quantitative estimate of drug-likeness (QED) is 0.482. The van der Waals surface area contributed by atoms with Crippen molar-refractivity contribution in [2.45, 2.75) is 6.17 Å². The third-order valence-electron chi connectivity index (χ3n) is 5.05. The first-order valence-corrected chi connectivity index (χ1v) is 9.43. The number of carbonyl (C=O) groups is 1. The number of amides is 1. The van der Waals surface area contributed by atoms with E-state index in [1.165, 1.54) is 23.1 Å². The van der Waals surface area contributed by atoms with E-state index >= 15 is 0 Å². The molecule has 0 bridgehead atoms. The summed E-state index contributed by atoms with van der Waals surface area (Å²) in [5.41, 5.74) is 1.93. The highest BCUT2D eigenvalue weighted by Gasteiger charge is 2.36. The Labute approximate surface area is 175 Å². The highest BCUT2D eigenvalue weighted by Crippen LogP contribution is 2.43. The summed E-state index contributed by atoms with van der Waals surface area (Å²) in [4.78, 5) is 25.8. The molecule has 3 aromatic rings. The fourth-order valence-corrected chi connectivity index (χ4v) is 3.85. The van der Waals surface area contributed by atoms with Gasteiger partial charge in [0.2, 0.25) is 6.79 Å². The summed E-state index contributed by atoms with van der Waals surface area (Å²) in [7, 11) is 0. The molecule has 0 aromatic heterocycles. The van der Waals surface area contributed by atoms with Gasteiger partial charge in [-0.1, -0.05) is 23.7 Å². The lowest BCUT2D eigenvalue weighted by Gasteiger charge is -2.38. The van der Waals surface area contributed by atoms with Gasteiger partial charge in [0, 0.05) is 34.5 Å². The molecular formula is C21H14ClN3O5. The molecule has 9 heteroatoms. The van der Waals surface area contributed by atoms with Crippen molar-refractivity contribution in [2.75, 3.05) is 17.0 Å². The number of halogens is 1. The number of rotatable bonds is 3. The smallest absolute Gasteiger partial charge is 0.269 e. The summed E-state index contributed by atoms with van der Waals surface area (Å²) < 4.78 is 10.8. The molecule has 1 atom stereocenters. The minimum absolute atomic E-state index is 0.105. The maximum absolute atomic E-state index is 13.5. The van der Waals surface area contributed by atoms with Crippen LogP contribution in [0.2, 0.25) is 5.02 Å². The Morgan fingerprint density at radius 2 is 1.87 bits per heavy atom.